The molecule has 2 amide bonds. The van der Waals surface area contributed by atoms with Crippen LogP contribution in [0.1, 0.15) is 31.7 Å². The molecule has 2 heterocycles. The Bertz CT molecular complexity index is 1110. The van der Waals surface area contributed by atoms with E-state index >= 15 is 0 Å². The van der Waals surface area contributed by atoms with Crippen molar-refractivity contribution in [3.8, 4) is 0 Å². The fourth-order valence-electron chi connectivity index (χ4n) is 3.58. The lowest BCUT2D eigenvalue weighted by molar-refractivity contribution is -0.129. The first-order valence-electron chi connectivity index (χ1n) is 10.5. The van der Waals surface area contributed by atoms with Gasteiger partial charge in [0, 0.05) is 26.2 Å². The Balaban J connectivity index is 1.78. The van der Waals surface area contributed by atoms with Gasteiger partial charge in [-0.15, -0.1) is 0 Å². The van der Waals surface area contributed by atoms with Crippen LogP contribution in [0, 0.1) is 6.92 Å². The van der Waals surface area contributed by atoms with E-state index in [9.17, 15) is 18.0 Å². The number of carbonyl (C=O) groups is 2. The summed E-state index contributed by atoms with van der Waals surface area (Å²) < 4.78 is 33.2. The maximum Gasteiger partial charge on any atom is 0.263 e. The number of hydrogen-bond donors (Lipinski definition) is 0. The predicted molar refractivity (Wildman–Crippen MR) is 121 cm³/mol. The number of fused-ring (bicyclic) bond motifs is 1. The topological polar surface area (TPSA) is 98.0 Å². The van der Waals surface area contributed by atoms with E-state index in [1.54, 1.807) is 4.90 Å². The lowest BCUT2D eigenvalue weighted by Crippen LogP contribution is -2.40. The van der Waals surface area contributed by atoms with Crippen LogP contribution in [0.5, 0.6) is 0 Å². The van der Waals surface area contributed by atoms with Gasteiger partial charge in [0.2, 0.25) is 5.91 Å². The lowest BCUT2D eigenvalue weighted by Gasteiger charge is -2.26. The van der Waals surface area contributed by atoms with E-state index < -0.39 is 33.2 Å². The highest BCUT2D eigenvalue weighted by Crippen LogP contribution is 2.19. The Kier molecular flexibility index (Phi) is 8.01. The van der Waals surface area contributed by atoms with Gasteiger partial charge in [0.15, 0.2) is 14.6 Å². The molecule has 170 valence electrons. The Morgan fingerprint density at radius 1 is 1.16 bits per heavy atom. The second-order valence-electron chi connectivity index (χ2n) is 7.68. The number of thiazole rings is 1. The van der Waals surface area contributed by atoms with Crippen molar-refractivity contribution in [1.29, 1.82) is 0 Å². The molecular weight excluding hydrogens is 438 g/mol. The maximum atomic E-state index is 12.5. The molecule has 31 heavy (non-hydrogen) atoms. The second-order valence-corrected chi connectivity index (χ2v) is 10.8. The molecule has 0 bridgehead atoms. The fraction of sp³-hybridized carbons (Fsp3) is 0.571. The molecule has 1 saturated heterocycles. The summed E-state index contributed by atoms with van der Waals surface area (Å²) in [5.41, 5.74) is 2.01. The zero-order valence-electron chi connectivity index (χ0n) is 18.0. The highest BCUT2D eigenvalue weighted by Gasteiger charge is 2.25. The van der Waals surface area contributed by atoms with Crippen LogP contribution in [-0.2, 0) is 30.7 Å². The van der Waals surface area contributed by atoms with E-state index in [1.807, 2.05) is 36.6 Å². The van der Waals surface area contributed by atoms with Crippen LogP contribution in [0.15, 0.2) is 23.2 Å². The average molecular weight is 468 g/mol. The summed E-state index contributed by atoms with van der Waals surface area (Å²) >= 11 is 1.34. The normalized spacial score (nSPS) is 15.5. The standard InChI is InChI=1S/C21H29N3O5S2/c1-3-29-12-11-24-17-8-7-16(2)13-18(17)30-21(24)22-19(25)14-31(27,28)15-20(26)23-9-5-4-6-10-23/h7-8,13H,3-6,9-12,14-15H2,1-2H3. The van der Waals surface area contributed by atoms with Gasteiger partial charge in [0.1, 0.15) is 11.5 Å². The smallest absolute Gasteiger partial charge is 0.263 e. The van der Waals surface area contributed by atoms with E-state index in [2.05, 4.69) is 4.99 Å². The maximum absolute atomic E-state index is 12.5. The molecule has 1 aliphatic heterocycles. The molecular formula is C21H29N3O5S2. The third kappa shape index (κ3) is 6.47. The predicted octanol–water partition coefficient (Wildman–Crippen LogP) is 1.90. The summed E-state index contributed by atoms with van der Waals surface area (Å²) in [5, 5.41) is 0. The summed E-state index contributed by atoms with van der Waals surface area (Å²) in [7, 11) is -3.88. The number of likely N-dealkylation sites (tertiary alicyclic amines) is 1. The van der Waals surface area contributed by atoms with E-state index in [-0.39, 0.29) is 0 Å². The Morgan fingerprint density at radius 2 is 1.90 bits per heavy atom. The number of benzene rings is 1. The van der Waals surface area contributed by atoms with Gasteiger partial charge < -0.3 is 14.2 Å². The quantitative estimate of drug-likeness (QED) is 0.553. The summed E-state index contributed by atoms with van der Waals surface area (Å²) in [4.78, 5) is 30.9. The van der Waals surface area contributed by atoms with Gasteiger partial charge in [-0.3, -0.25) is 9.59 Å². The molecule has 0 spiro atoms. The minimum Gasteiger partial charge on any atom is -0.380 e. The number of aromatic nitrogens is 1. The minimum atomic E-state index is -3.88. The molecule has 10 heteroatoms. The van der Waals surface area contributed by atoms with Crippen molar-refractivity contribution < 1.29 is 22.7 Å². The van der Waals surface area contributed by atoms with Crippen molar-refractivity contribution in [2.75, 3.05) is 37.8 Å². The van der Waals surface area contributed by atoms with Crippen LogP contribution in [0.2, 0.25) is 0 Å². The number of piperidine rings is 1. The molecule has 1 aromatic heterocycles. The van der Waals surface area contributed by atoms with Crippen molar-refractivity contribution >= 4 is 43.2 Å². The molecule has 3 rings (SSSR count). The first kappa shape index (κ1) is 23.6. The van der Waals surface area contributed by atoms with Crippen LogP contribution in [0.25, 0.3) is 10.2 Å². The van der Waals surface area contributed by atoms with Gasteiger partial charge in [-0.1, -0.05) is 17.4 Å². The van der Waals surface area contributed by atoms with Crippen LogP contribution in [0.4, 0.5) is 0 Å². The van der Waals surface area contributed by atoms with E-state index in [0.29, 0.717) is 37.6 Å². The number of sulfone groups is 1. The van der Waals surface area contributed by atoms with Crippen molar-refractivity contribution in [2.24, 2.45) is 4.99 Å². The third-order valence-corrected chi connectivity index (χ3v) is 7.53. The SMILES string of the molecule is CCOCCn1c(=NC(=O)CS(=O)(=O)CC(=O)N2CCCCC2)sc2cc(C)ccc21. The summed E-state index contributed by atoms with van der Waals surface area (Å²) in [6, 6.07) is 5.95. The molecule has 1 aromatic carbocycles. The van der Waals surface area contributed by atoms with E-state index in [1.165, 1.54) is 11.3 Å². The molecule has 2 aromatic rings. The van der Waals surface area contributed by atoms with Crippen molar-refractivity contribution in [1.82, 2.24) is 9.47 Å². The summed E-state index contributed by atoms with van der Waals surface area (Å²) in [6.45, 7) is 6.59. The van der Waals surface area contributed by atoms with Gasteiger partial charge in [0.25, 0.3) is 5.91 Å². The first-order chi connectivity index (χ1) is 14.8. The number of hydrogen-bond acceptors (Lipinski definition) is 6. The van der Waals surface area contributed by atoms with Crippen molar-refractivity contribution in [3.63, 3.8) is 0 Å². The first-order valence-corrected chi connectivity index (χ1v) is 13.2. The molecule has 0 radical (unpaired) electrons. The zero-order chi connectivity index (χ0) is 22.4. The van der Waals surface area contributed by atoms with Crippen molar-refractivity contribution in [2.45, 2.75) is 39.7 Å². The summed E-state index contributed by atoms with van der Waals surface area (Å²) in [6.07, 6.45) is 2.81. The van der Waals surface area contributed by atoms with Crippen LogP contribution in [-0.4, -0.2) is 67.5 Å². The van der Waals surface area contributed by atoms with Crippen molar-refractivity contribution in [3.05, 3.63) is 28.6 Å². The number of nitrogens with zero attached hydrogens (tertiary/aromatic N) is 3. The second kappa shape index (κ2) is 10.5. The summed E-state index contributed by atoms with van der Waals surface area (Å²) in [5.74, 6) is -2.62. The Labute approximate surface area is 186 Å². The highest BCUT2D eigenvalue weighted by atomic mass is 32.2. The van der Waals surface area contributed by atoms with Gasteiger partial charge in [0.05, 0.1) is 16.8 Å². The molecule has 8 nitrogen and oxygen atoms in total. The monoisotopic (exact) mass is 467 g/mol. The van der Waals surface area contributed by atoms with Crippen LogP contribution in [0.3, 0.4) is 0 Å². The minimum absolute atomic E-state index is 0.433. The van der Waals surface area contributed by atoms with E-state index in [4.69, 9.17) is 4.74 Å². The van der Waals surface area contributed by atoms with Crippen LogP contribution < -0.4 is 4.80 Å². The number of carbonyl (C=O) groups excluding carboxylic acids is 2. The molecule has 0 unspecified atom stereocenters. The number of amides is 2. The van der Waals surface area contributed by atoms with Gasteiger partial charge in [-0.2, -0.15) is 4.99 Å². The van der Waals surface area contributed by atoms with Crippen LogP contribution >= 0.6 is 11.3 Å². The van der Waals surface area contributed by atoms with Gasteiger partial charge >= 0.3 is 0 Å². The molecule has 1 fully saturated rings. The number of rotatable bonds is 8. The average Bonchev–Trinajstić information content (AvgIpc) is 3.03. The molecule has 1 aliphatic rings. The lowest BCUT2D eigenvalue weighted by atomic mass is 10.1. The third-order valence-electron chi connectivity index (χ3n) is 5.12. The van der Waals surface area contributed by atoms with E-state index in [0.717, 1.165) is 35.0 Å². The van der Waals surface area contributed by atoms with Gasteiger partial charge in [-0.05, 0) is 50.8 Å². The highest BCUT2D eigenvalue weighted by molar-refractivity contribution is 7.92. The Morgan fingerprint density at radius 3 is 2.61 bits per heavy atom. The molecule has 0 atom stereocenters. The largest absolute Gasteiger partial charge is 0.380 e. The van der Waals surface area contributed by atoms with Gasteiger partial charge in [-0.25, -0.2) is 8.42 Å². The number of aryl methyl sites for hydroxylation is 1. The fourth-order valence-corrected chi connectivity index (χ4v) is 5.86. The molecule has 0 aliphatic carbocycles. The molecule has 0 saturated carbocycles. The molecule has 0 N–H and O–H groups in total. The zero-order valence-corrected chi connectivity index (χ0v) is 19.6. The number of ether oxygens (including phenoxy) is 1. The Hall–Kier alpha value is -2.04.